The monoisotopic (exact) mass is 172 g/mol. The molecule has 1 N–H and O–H groups in total. The molecule has 0 bridgehead atoms. The topological polar surface area (TPSA) is 24.9 Å². The van der Waals surface area contributed by atoms with Crippen LogP contribution in [0, 0.1) is 0 Å². The maximum absolute atomic E-state index is 5.67. The minimum Gasteiger partial charge on any atom is -0.373 e. The van der Waals surface area contributed by atoms with Gasteiger partial charge in [0.25, 0.3) is 0 Å². The second-order valence-electron chi connectivity index (χ2n) is 1.95. The Bertz CT molecular complexity index is 264. The van der Waals surface area contributed by atoms with Crippen LogP contribution in [0.2, 0.25) is 5.15 Å². The van der Waals surface area contributed by atoms with Gasteiger partial charge in [-0.1, -0.05) is 23.4 Å². The van der Waals surface area contributed by atoms with E-state index in [4.69, 9.17) is 11.6 Å². The third-order valence-electron chi connectivity index (χ3n) is 1.30. The maximum Gasteiger partial charge on any atom is 0.130 e. The highest BCUT2D eigenvalue weighted by Gasteiger charge is 2.10. The van der Waals surface area contributed by atoms with Gasteiger partial charge in [-0.15, -0.1) is 0 Å². The van der Waals surface area contributed by atoms with Crippen molar-refractivity contribution in [3.05, 3.63) is 17.3 Å². The molecule has 2 heterocycles. The van der Waals surface area contributed by atoms with Crippen molar-refractivity contribution in [3.63, 3.8) is 0 Å². The molecule has 2 rings (SSSR count). The summed E-state index contributed by atoms with van der Waals surface area (Å²) >= 11 is 7.35. The van der Waals surface area contributed by atoms with Gasteiger partial charge in [0.1, 0.15) is 10.2 Å². The van der Waals surface area contributed by atoms with Crippen molar-refractivity contribution in [1.82, 2.24) is 4.98 Å². The lowest BCUT2D eigenvalue weighted by Crippen LogP contribution is -1.87. The molecule has 0 radical (unpaired) electrons. The van der Waals surface area contributed by atoms with Gasteiger partial charge in [0, 0.05) is 0 Å². The van der Waals surface area contributed by atoms with E-state index in [0.29, 0.717) is 5.15 Å². The summed E-state index contributed by atoms with van der Waals surface area (Å²) in [6.07, 6.45) is 0. The number of halogens is 1. The summed E-state index contributed by atoms with van der Waals surface area (Å²) in [5, 5.41) is 4.74. The molecule has 4 heteroatoms. The zero-order valence-electron chi connectivity index (χ0n) is 5.10. The van der Waals surface area contributed by atoms with Gasteiger partial charge >= 0.3 is 0 Å². The van der Waals surface area contributed by atoms with Crippen LogP contribution in [0.5, 0.6) is 0 Å². The number of nitrogens with zero attached hydrogens (tertiary/aromatic N) is 1. The molecule has 2 nitrogen and oxygen atoms in total. The lowest BCUT2D eigenvalue weighted by atomic mass is 10.4. The number of aromatic nitrogens is 1. The second-order valence-corrected chi connectivity index (χ2v) is 3.30. The largest absolute Gasteiger partial charge is 0.373 e. The molecule has 0 saturated carbocycles. The summed E-state index contributed by atoms with van der Waals surface area (Å²) in [6.45, 7) is 0. The van der Waals surface area contributed by atoms with Crippen molar-refractivity contribution >= 4 is 29.1 Å². The molecule has 1 aromatic rings. The van der Waals surface area contributed by atoms with Crippen LogP contribution in [-0.2, 0) is 0 Å². The Kier molecular flexibility index (Phi) is 1.47. The number of nitrogens with one attached hydrogen (secondary N) is 1. The predicted molar refractivity (Wildman–Crippen MR) is 43.6 cm³/mol. The van der Waals surface area contributed by atoms with Gasteiger partial charge in [-0.25, -0.2) is 4.98 Å². The Morgan fingerprint density at radius 1 is 1.60 bits per heavy atom. The van der Waals surface area contributed by atoms with Crippen molar-refractivity contribution < 1.29 is 0 Å². The van der Waals surface area contributed by atoms with Gasteiger partial charge in [0.05, 0.1) is 11.6 Å². The molecule has 0 aliphatic carbocycles. The van der Waals surface area contributed by atoms with Gasteiger partial charge in [-0.3, -0.25) is 0 Å². The highest BCUT2D eigenvalue weighted by Crippen LogP contribution is 2.32. The molecule has 1 aliphatic heterocycles. The first kappa shape index (κ1) is 6.31. The SMILES string of the molecule is Clc1ccc2c(n1)SCN2. The molecule has 52 valence electrons. The summed E-state index contributed by atoms with van der Waals surface area (Å²) in [7, 11) is 0. The molecule has 10 heavy (non-hydrogen) atoms. The quantitative estimate of drug-likeness (QED) is 0.608. The Hall–Kier alpha value is -0.410. The van der Waals surface area contributed by atoms with E-state index in [1.54, 1.807) is 17.8 Å². The van der Waals surface area contributed by atoms with E-state index >= 15 is 0 Å². The number of anilines is 1. The average molecular weight is 173 g/mol. The number of fused-ring (bicyclic) bond motifs is 1. The molecule has 0 aromatic carbocycles. The average Bonchev–Trinajstić information content (AvgIpc) is 2.33. The van der Waals surface area contributed by atoms with Crippen molar-refractivity contribution in [2.24, 2.45) is 0 Å². The number of thioether (sulfide) groups is 1. The van der Waals surface area contributed by atoms with E-state index in [-0.39, 0.29) is 0 Å². The third kappa shape index (κ3) is 0.954. The number of hydrogen-bond donors (Lipinski definition) is 1. The molecule has 1 aromatic heterocycles. The van der Waals surface area contributed by atoms with E-state index in [9.17, 15) is 0 Å². The Morgan fingerprint density at radius 2 is 2.50 bits per heavy atom. The molecule has 0 amide bonds. The maximum atomic E-state index is 5.67. The van der Waals surface area contributed by atoms with Crippen LogP contribution < -0.4 is 5.32 Å². The minimum atomic E-state index is 0.565. The molecular formula is C6H5ClN2S. The van der Waals surface area contributed by atoms with E-state index in [1.165, 1.54) is 0 Å². The second kappa shape index (κ2) is 2.32. The molecule has 0 atom stereocenters. The Morgan fingerprint density at radius 3 is 3.40 bits per heavy atom. The normalized spacial score (nSPS) is 14.5. The first-order valence-electron chi connectivity index (χ1n) is 2.89. The van der Waals surface area contributed by atoms with E-state index in [0.717, 1.165) is 16.6 Å². The zero-order valence-corrected chi connectivity index (χ0v) is 6.67. The predicted octanol–water partition coefficient (Wildman–Crippen LogP) is 2.21. The van der Waals surface area contributed by atoms with Crippen LogP contribution in [0.1, 0.15) is 0 Å². The highest BCUT2D eigenvalue weighted by atomic mass is 35.5. The van der Waals surface area contributed by atoms with Crippen LogP contribution in [0.3, 0.4) is 0 Å². The Balaban J connectivity index is 2.52. The van der Waals surface area contributed by atoms with Crippen LogP contribution in [0.25, 0.3) is 0 Å². The van der Waals surface area contributed by atoms with Crippen molar-refractivity contribution in [1.29, 1.82) is 0 Å². The molecule has 0 saturated heterocycles. The molecular weight excluding hydrogens is 168 g/mol. The molecule has 0 spiro atoms. The summed E-state index contributed by atoms with van der Waals surface area (Å²) in [5.74, 6) is 0.905. The fourth-order valence-corrected chi connectivity index (χ4v) is 1.87. The van der Waals surface area contributed by atoms with E-state index in [1.807, 2.05) is 6.07 Å². The molecule has 0 fully saturated rings. The lowest BCUT2D eigenvalue weighted by molar-refractivity contribution is 1.15. The summed E-state index contributed by atoms with van der Waals surface area (Å²) in [4.78, 5) is 4.12. The van der Waals surface area contributed by atoms with Crippen LogP contribution in [0.4, 0.5) is 5.69 Å². The van der Waals surface area contributed by atoms with Crippen LogP contribution >= 0.6 is 23.4 Å². The Labute approximate surface area is 68.0 Å². The van der Waals surface area contributed by atoms with Gasteiger partial charge in [-0.05, 0) is 12.1 Å². The third-order valence-corrected chi connectivity index (χ3v) is 2.38. The lowest BCUT2D eigenvalue weighted by Gasteiger charge is -1.95. The smallest absolute Gasteiger partial charge is 0.130 e. The van der Waals surface area contributed by atoms with Gasteiger partial charge in [0.2, 0.25) is 0 Å². The van der Waals surface area contributed by atoms with Crippen LogP contribution in [0.15, 0.2) is 17.2 Å². The van der Waals surface area contributed by atoms with Crippen molar-refractivity contribution in [2.75, 3.05) is 11.2 Å². The summed E-state index contributed by atoms with van der Waals surface area (Å²) in [5.41, 5.74) is 1.09. The number of rotatable bonds is 0. The van der Waals surface area contributed by atoms with Gasteiger partial charge in [-0.2, -0.15) is 0 Å². The minimum absolute atomic E-state index is 0.565. The molecule has 0 unspecified atom stereocenters. The molecule has 1 aliphatic rings. The zero-order chi connectivity index (χ0) is 6.97. The summed E-state index contributed by atoms with van der Waals surface area (Å²) < 4.78 is 0. The standard InChI is InChI=1S/C6H5ClN2S/c7-5-2-1-4-6(9-5)10-3-8-4/h1-2,8H,3H2. The fourth-order valence-electron chi connectivity index (χ4n) is 0.845. The van der Waals surface area contributed by atoms with Crippen molar-refractivity contribution in [3.8, 4) is 0 Å². The number of hydrogen-bond acceptors (Lipinski definition) is 3. The van der Waals surface area contributed by atoms with Gasteiger partial charge < -0.3 is 5.32 Å². The van der Waals surface area contributed by atoms with Crippen LogP contribution in [-0.4, -0.2) is 10.9 Å². The van der Waals surface area contributed by atoms with Crippen molar-refractivity contribution in [2.45, 2.75) is 5.03 Å². The van der Waals surface area contributed by atoms with Gasteiger partial charge in [0.15, 0.2) is 0 Å². The van der Waals surface area contributed by atoms with E-state index < -0.39 is 0 Å². The first-order chi connectivity index (χ1) is 4.86. The number of pyridine rings is 1. The fraction of sp³-hybridized carbons (Fsp3) is 0.167. The highest BCUT2D eigenvalue weighted by molar-refractivity contribution is 7.99. The summed E-state index contributed by atoms with van der Waals surface area (Å²) in [6, 6.07) is 3.74. The van der Waals surface area contributed by atoms with E-state index in [2.05, 4.69) is 10.3 Å². The first-order valence-corrected chi connectivity index (χ1v) is 4.26.